The molecule has 4 fully saturated rings. The molecule has 1 aromatic carbocycles. The lowest BCUT2D eigenvalue weighted by Crippen LogP contribution is -2.47. The van der Waals surface area contributed by atoms with E-state index in [1.807, 2.05) is 30.0 Å². The molecule has 6 heteroatoms. The van der Waals surface area contributed by atoms with Gasteiger partial charge in [0.15, 0.2) is 0 Å². The highest BCUT2D eigenvalue weighted by atomic mass is 16.2. The van der Waals surface area contributed by atoms with Gasteiger partial charge in [0.1, 0.15) is 0 Å². The van der Waals surface area contributed by atoms with Gasteiger partial charge >= 0.3 is 0 Å². The Morgan fingerprint density at radius 2 is 1.82 bits per heavy atom. The third kappa shape index (κ3) is 3.94. The van der Waals surface area contributed by atoms with Crippen molar-refractivity contribution in [2.75, 3.05) is 11.9 Å². The molecule has 5 aliphatic rings. The minimum atomic E-state index is -0.00388. The number of hydrogen-bond donors (Lipinski definition) is 1. The summed E-state index contributed by atoms with van der Waals surface area (Å²) in [6, 6.07) is 5.70. The summed E-state index contributed by atoms with van der Waals surface area (Å²) in [6.45, 7) is 2.97. The molecule has 1 N–H and O–H groups in total. The van der Waals surface area contributed by atoms with E-state index in [1.54, 1.807) is 12.4 Å². The number of hydrogen-bond acceptors (Lipinski definition) is 4. The van der Waals surface area contributed by atoms with Crippen LogP contribution in [0.1, 0.15) is 72.3 Å². The van der Waals surface area contributed by atoms with Crippen LogP contribution in [0.5, 0.6) is 0 Å². The van der Waals surface area contributed by atoms with Crippen molar-refractivity contribution in [1.29, 1.82) is 0 Å². The monoisotopic (exact) mass is 444 g/mol. The van der Waals surface area contributed by atoms with Crippen LogP contribution in [0.15, 0.2) is 30.6 Å². The summed E-state index contributed by atoms with van der Waals surface area (Å²) < 4.78 is 0. The minimum Gasteiger partial charge on any atom is -0.332 e. The molecule has 0 radical (unpaired) electrons. The third-order valence-corrected chi connectivity index (χ3v) is 8.49. The third-order valence-electron chi connectivity index (χ3n) is 8.49. The van der Waals surface area contributed by atoms with Crippen LogP contribution in [0.2, 0.25) is 0 Å². The van der Waals surface area contributed by atoms with E-state index >= 15 is 0 Å². The molecule has 0 atom stereocenters. The smallest absolute Gasteiger partial charge is 0.254 e. The lowest BCUT2D eigenvalue weighted by Gasteiger charge is -2.56. The summed E-state index contributed by atoms with van der Waals surface area (Å²) >= 11 is 0. The second-order valence-corrected chi connectivity index (χ2v) is 11.1. The number of nitrogens with one attached hydrogen (secondary N) is 1. The van der Waals surface area contributed by atoms with Gasteiger partial charge in [-0.2, -0.15) is 0 Å². The van der Waals surface area contributed by atoms with Crippen LogP contribution in [0, 0.1) is 30.1 Å². The van der Waals surface area contributed by atoms with Crippen molar-refractivity contribution in [3.63, 3.8) is 0 Å². The van der Waals surface area contributed by atoms with Gasteiger partial charge in [0.2, 0.25) is 5.91 Å². The Balaban J connectivity index is 1.15. The Hall–Kier alpha value is -2.76. The molecule has 4 bridgehead atoms. The summed E-state index contributed by atoms with van der Waals surface area (Å²) in [7, 11) is 0. The molecule has 0 unspecified atom stereocenters. The second-order valence-electron chi connectivity index (χ2n) is 11.1. The van der Waals surface area contributed by atoms with Gasteiger partial charge in [0.25, 0.3) is 5.91 Å². The van der Waals surface area contributed by atoms with Crippen LogP contribution in [0.4, 0.5) is 5.69 Å². The number of benzene rings is 1. The van der Waals surface area contributed by atoms with Gasteiger partial charge in [-0.05, 0) is 92.7 Å². The Bertz CT molecular complexity index is 1060. The molecule has 1 aromatic heterocycles. The highest BCUT2D eigenvalue weighted by Crippen LogP contribution is 2.61. The molecule has 0 saturated heterocycles. The number of aryl methyl sites for hydroxylation is 1. The lowest BCUT2D eigenvalue weighted by atomic mass is 9.49. The van der Waals surface area contributed by atoms with E-state index in [1.165, 1.54) is 38.5 Å². The normalized spacial score (nSPS) is 29.8. The van der Waals surface area contributed by atoms with E-state index in [2.05, 4.69) is 15.3 Å². The molecule has 4 saturated carbocycles. The van der Waals surface area contributed by atoms with E-state index in [4.69, 9.17) is 0 Å². The number of carbonyl (C=O) groups excluding carboxylic acids is 2. The Labute approximate surface area is 195 Å². The van der Waals surface area contributed by atoms with Crippen molar-refractivity contribution in [2.24, 2.45) is 23.2 Å². The molecule has 33 heavy (non-hydrogen) atoms. The first kappa shape index (κ1) is 20.8. The largest absolute Gasteiger partial charge is 0.332 e. The van der Waals surface area contributed by atoms with E-state index in [-0.39, 0.29) is 17.2 Å². The molecular weight excluding hydrogens is 412 g/mol. The molecule has 6 nitrogen and oxygen atoms in total. The van der Waals surface area contributed by atoms with Crippen LogP contribution in [-0.4, -0.2) is 33.2 Å². The van der Waals surface area contributed by atoms with Gasteiger partial charge in [-0.3, -0.25) is 19.6 Å². The van der Waals surface area contributed by atoms with E-state index in [0.29, 0.717) is 25.1 Å². The van der Waals surface area contributed by atoms with Crippen LogP contribution < -0.4 is 5.32 Å². The van der Waals surface area contributed by atoms with Crippen molar-refractivity contribution in [2.45, 2.75) is 64.8 Å². The van der Waals surface area contributed by atoms with Crippen molar-refractivity contribution in [3.05, 3.63) is 53.1 Å². The van der Waals surface area contributed by atoms with E-state index in [0.717, 1.165) is 46.8 Å². The SMILES string of the molecule is Cc1cnc(CN2CCc3c(NC(=O)CC45CC6CC(CC(C6)C4)C5)cccc3C2=O)cn1. The maximum atomic E-state index is 13.2. The standard InChI is InChI=1S/C27H32N4O2/c1-17-14-29-21(15-28-17)16-31-6-5-22-23(26(31)33)3-2-4-24(22)30-25(32)13-27-10-18-7-19(11-27)9-20(8-18)12-27/h2-4,14-15,18-20H,5-13,16H2,1H3,(H,30,32). The molecule has 2 heterocycles. The fourth-order valence-corrected chi connectivity index (χ4v) is 7.58. The fraction of sp³-hybridized carbons (Fsp3) is 0.556. The van der Waals surface area contributed by atoms with Crippen LogP contribution in [-0.2, 0) is 17.8 Å². The fourth-order valence-electron chi connectivity index (χ4n) is 7.58. The molecular formula is C27H32N4O2. The Morgan fingerprint density at radius 3 is 2.48 bits per heavy atom. The van der Waals surface area contributed by atoms with Gasteiger partial charge in [-0.1, -0.05) is 6.07 Å². The molecule has 2 amide bonds. The average Bonchev–Trinajstić information content (AvgIpc) is 2.76. The van der Waals surface area contributed by atoms with E-state index < -0.39 is 0 Å². The van der Waals surface area contributed by atoms with Crippen molar-refractivity contribution < 1.29 is 9.59 Å². The summed E-state index contributed by atoms with van der Waals surface area (Å²) in [5.41, 5.74) is 4.34. The summed E-state index contributed by atoms with van der Waals surface area (Å²) in [5.74, 6) is 2.65. The number of anilines is 1. The zero-order chi connectivity index (χ0) is 22.6. The lowest BCUT2D eigenvalue weighted by molar-refractivity contribution is -0.124. The predicted molar refractivity (Wildman–Crippen MR) is 126 cm³/mol. The number of rotatable bonds is 5. The van der Waals surface area contributed by atoms with Gasteiger partial charge in [-0.25, -0.2) is 0 Å². The van der Waals surface area contributed by atoms with Gasteiger partial charge < -0.3 is 10.2 Å². The Kier molecular flexibility index (Phi) is 5.00. The predicted octanol–water partition coefficient (Wildman–Crippen LogP) is 4.53. The highest BCUT2D eigenvalue weighted by molar-refractivity contribution is 6.00. The van der Waals surface area contributed by atoms with Gasteiger partial charge in [-0.15, -0.1) is 0 Å². The molecule has 172 valence electrons. The molecule has 2 aromatic rings. The minimum absolute atomic E-state index is 0.00388. The van der Waals surface area contributed by atoms with Crippen molar-refractivity contribution >= 4 is 17.5 Å². The van der Waals surface area contributed by atoms with Gasteiger partial charge in [0.05, 0.1) is 24.1 Å². The van der Waals surface area contributed by atoms with Crippen LogP contribution >= 0.6 is 0 Å². The topological polar surface area (TPSA) is 75.2 Å². The molecule has 4 aliphatic carbocycles. The van der Waals surface area contributed by atoms with Crippen molar-refractivity contribution in [1.82, 2.24) is 14.9 Å². The first-order chi connectivity index (χ1) is 16.0. The summed E-state index contributed by atoms with van der Waals surface area (Å²) in [4.78, 5) is 36.9. The second kappa shape index (κ2) is 7.93. The van der Waals surface area contributed by atoms with E-state index in [9.17, 15) is 9.59 Å². The quantitative estimate of drug-likeness (QED) is 0.735. The maximum Gasteiger partial charge on any atom is 0.254 e. The molecule has 1 aliphatic heterocycles. The van der Waals surface area contributed by atoms with Crippen molar-refractivity contribution in [3.8, 4) is 0 Å². The number of aromatic nitrogens is 2. The zero-order valence-electron chi connectivity index (χ0n) is 19.3. The first-order valence-electron chi connectivity index (χ1n) is 12.4. The number of fused-ring (bicyclic) bond motifs is 1. The molecule has 0 spiro atoms. The van der Waals surface area contributed by atoms with Crippen LogP contribution in [0.3, 0.4) is 0 Å². The average molecular weight is 445 g/mol. The Morgan fingerprint density at radius 1 is 1.09 bits per heavy atom. The summed E-state index contributed by atoms with van der Waals surface area (Å²) in [5, 5.41) is 3.20. The van der Waals surface area contributed by atoms with Gasteiger partial charge in [0, 0.05) is 30.4 Å². The highest BCUT2D eigenvalue weighted by Gasteiger charge is 2.51. The maximum absolute atomic E-state index is 13.2. The number of nitrogens with zero attached hydrogens (tertiary/aromatic N) is 3. The zero-order valence-corrected chi connectivity index (χ0v) is 19.3. The number of carbonyl (C=O) groups is 2. The summed E-state index contributed by atoms with van der Waals surface area (Å²) in [6.07, 6.45) is 12.7. The number of amides is 2. The first-order valence-corrected chi connectivity index (χ1v) is 12.4. The molecule has 7 rings (SSSR count). The van der Waals surface area contributed by atoms with Crippen LogP contribution in [0.25, 0.3) is 0 Å².